The van der Waals surface area contributed by atoms with Gasteiger partial charge in [-0.05, 0) is 24.6 Å². The van der Waals surface area contributed by atoms with E-state index in [1.54, 1.807) is 12.1 Å². The Balaban J connectivity index is 1.79. The van der Waals surface area contributed by atoms with Crippen LogP contribution in [0.5, 0.6) is 5.75 Å². The maximum atomic E-state index is 11.7. The van der Waals surface area contributed by atoms with E-state index in [-0.39, 0.29) is 17.4 Å². The highest BCUT2D eigenvalue weighted by Gasteiger charge is 2.35. The van der Waals surface area contributed by atoms with E-state index in [0.29, 0.717) is 18.7 Å². The lowest BCUT2D eigenvalue weighted by Gasteiger charge is -2.36. The van der Waals surface area contributed by atoms with E-state index >= 15 is 0 Å². The number of halogens is 1. The molecule has 1 aromatic rings. The molecule has 0 bridgehead atoms. The highest BCUT2D eigenvalue weighted by molar-refractivity contribution is 6.29. The number of nitrogens with one attached hydrogen (secondary N) is 1. The normalized spacial score (nSPS) is 26.6. The number of fused-ring (bicyclic) bond motifs is 1. The zero-order valence-corrected chi connectivity index (χ0v) is 14.0. The lowest BCUT2D eigenvalue weighted by molar-refractivity contribution is 0.0600. The van der Waals surface area contributed by atoms with Crippen molar-refractivity contribution in [1.82, 2.24) is 5.32 Å². The molecule has 122 valence electrons. The zero-order valence-electron chi connectivity index (χ0n) is 13.3. The predicted octanol–water partition coefficient (Wildman–Crippen LogP) is 3.41. The molecule has 0 radical (unpaired) electrons. The van der Waals surface area contributed by atoms with E-state index in [1.165, 1.54) is 7.11 Å². The fourth-order valence-corrected chi connectivity index (χ4v) is 3.42. The molecule has 1 unspecified atom stereocenters. The van der Waals surface area contributed by atoms with Gasteiger partial charge in [0.05, 0.1) is 18.7 Å². The van der Waals surface area contributed by atoms with Crippen LogP contribution < -0.4 is 10.1 Å². The summed E-state index contributed by atoms with van der Waals surface area (Å²) in [5.41, 5.74) is 1.43. The molecule has 3 rings (SSSR count). The summed E-state index contributed by atoms with van der Waals surface area (Å²) in [5.74, 6) is 0.372. The Morgan fingerprint density at radius 1 is 1.48 bits per heavy atom. The fraction of sp³-hybridized carbons (Fsp3) is 0.389. The summed E-state index contributed by atoms with van der Waals surface area (Å²) in [5, 5.41) is 4.41. The van der Waals surface area contributed by atoms with Gasteiger partial charge in [-0.15, -0.1) is 0 Å². The van der Waals surface area contributed by atoms with Crippen LogP contribution >= 0.6 is 11.6 Å². The first-order valence-electron chi connectivity index (χ1n) is 7.63. The summed E-state index contributed by atoms with van der Waals surface area (Å²) in [6.07, 6.45) is 6.89. The van der Waals surface area contributed by atoms with Crippen LogP contribution in [-0.4, -0.2) is 25.7 Å². The van der Waals surface area contributed by atoms with Crippen molar-refractivity contribution in [2.45, 2.75) is 25.9 Å². The molecule has 4 nitrogen and oxygen atoms in total. The summed E-state index contributed by atoms with van der Waals surface area (Å²) in [6.45, 7) is 3.38. The van der Waals surface area contributed by atoms with E-state index in [1.807, 2.05) is 18.2 Å². The van der Waals surface area contributed by atoms with Crippen LogP contribution in [0.3, 0.4) is 0 Å². The molecule has 0 saturated carbocycles. The van der Waals surface area contributed by atoms with Gasteiger partial charge >= 0.3 is 5.97 Å². The first-order chi connectivity index (χ1) is 11.0. The lowest BCUT2D eigenvalue weighted by Crippen LogP contribution is -2.45. The molecule has 0 fully saturated rings. The number of methoxy groups -OCH3 is 1. The summed E-state index contributed by atoms with van der Waals surface area (Å²) >= 11 is 6.21. The zero-order chi connectivity index (χ0) is 16.4. The number of esters is 1. The average molecular weight is 334 g/mol. The van der Waals surface area contributed by atoms with Crippen LogP contribution in [0.1, 0.15) is 29.3 Å². The van der Waals surface area contributed by atoms with Crippen molar-refractivity contribution in [3.05, 3.63) is 52.6 Å². The van der Waals surface area contributed by atoms with Gasteiger partial charge in [0.1, 0.15) is 12.4 Å². The van der Waals surface area contributed by atoms with Crippen molar-refractivity contribution in [3.8, 4) is 5.75 Å². The Hall–Kier alpha value is -1.78. The highest BCUT2D eigenvalue weighted by Crippen LogP contribution is 2.37. The molecule has 2 aliphatic rings. The maximum Gasteiger partial charge on any atom is 0.337 e. The molecule has 0 amide bonds. The minimum Gasteiger partial charge on any atom is -0.492 e. The second-order valence-corrected chi connectivity index (χ2v) is 6.70. The van der Waals surface area contributed by atoms with E-state index in [2.05, 4.69) is 18.3 Å². The third-order valence-corrected chi connectivity index (χ3v) is 4.79. The van der Waals surface area contributed by atoms with Gasteiger partial charge in [-0.1, -0.05) is 36.7 Å². The Bertz CT molecular complexity index is 683. The predicted molar refractivity (Wildman–Crippen MR) is 89.7 cm³/mol. The molecular formula is C18H20ClNO3. The molecular weight excluding hydrogens is 314 g/mol. The number of rotatable bonds is 2. The van der Waals surface area contributed by atoms with Crippen LogP contribution in [0.2, 0.25) is 0 Å². The Kier molecular flexibility index (Phi) is 4.46. The van der Waals surface area contributed by atoms with Gasteiger partial charge in [-0.2, -0.15) is 0 Å². The summed E-state index contributed by atoms with van der Waals surface area (Å²) in [6, 6.07) is 5.55. The van der Waals surface area contributed by atoms with Gasteiger partial charge in [0.2, 0.25) is 0 Å². The SMILES string of the molecule is COC(=O)c1ccc2c(c1)OC[C@H](C1(C)C=CC=C(Cl)C1)NC2. The lowest BCUT2D eigenvalue weighted by atomic mass is 9.77. The van der Waals surface area contributed by atoms with Crippen molar-refractivity contribution in [3.63, 3.8) is 0 Å². The van der Waals surface area contributed by atoms with E-state index < -0.39 is 0 Å². The smallest absolute Gasteiger partial charge is 0.337 e. The van der Waals surface area contributed by atoms with Gasteiger partial charge in [-0.3, -0.25) is 0 Å². The van der Waals surface area contributed by atoms with Crippen LogP contribution in [0.4, 0.5) is 0 Å². The van der Waals surface area contributed by atoms with Crippen molar-refractivity contribution in [2.75, 3.05) is 13.7 Å². The number of carbonyl (C=O) groups excluding carboxylic acids is 1. The largest absolute Gasteiger partial charge is 0.492 e. The average Bonchev–Trinajstić information content (AvgIpc) is 2.76. The van der Waals surface area contributed by atoms with Crippen molar-refractivity contribution >= 4 is 17.6 Å². The minimum absolute atomic E-state index is 0.0982. The Morgan fingerprint density at radius 3 is 3.04 bits per heavy atom. The van der Waals surface area contributed by atoms with Gasteiger partial charge in [-0.25, -0.2) is 4.79 Å². The van der Waals surface area contributed by atoms with Gasteiger partial charge in [0, 0.05) is 22.6 Å². The fourth-order valence-electron chi connectivity index (χ4n) is 3.06. The van der Waals surface area contributed by atoms with Crippen molar-refractivity contribution in [1.29, 1.82) is 0 Å². The molecule has 0 spiro atoms. The molecule has 1 N–H and O–H groups in total. The van der Waals surface area contributed by atoms with Gasteiger partial charge < -0.3 is 14.8 Å². The molecule has 5 heteroatoms. The first-order valence-corrected chi connectivity index (χ1v) is 8.01. The third-order valence-electron chi connectivity index (χ3n) is 4.53. The number of benzene rings is 1. The molecule has 2 atom stereocenters. The number of hydrogen-bond acceptors (Lipinski definition) is 4. The molecule has 0 aromatic heterocycles. The standard InChI is InChI=1S/C18H20ClNO3/c1-18(7-3-4-14(19)9-18)16-11-23-15-8-12(17(21)22-2)5-6-13(15)10-20-16/h3-8,16,20H,9-11H2,1-2H3/t16-,18?/m1/s1. The second-order valence-electron chi connectivity index (χ2n) is 6.21. The van der Waals surface area contributed by atoms with Crippen LogP contribution in [0.15, 0.2) is 41.5 Å². The van der Waals surface area contributed by atoms with Gasteiger partial charge in [0.25, 0.3) is 0 Å². The van der Waals surface area contributed by atoms with Crippen molar-refractivity contribution in [2.24, 2.45) is 5.41 Å². The van der Waals surface area contributed by atoms with Crippen molar-refractivity contribution < 1.29 is 14.3 Å². The third kappa shape index (κ3) is 3.28. The monoisotopic (exact) mass is 333 g/mol. The van der Waals surface area contributed by atoms with E-state index in [4.69, 9.17) is 21.1 Å². The molecule has 1 heterocycles. The number of carbonyl (C=O) groups is 1. The highest BCUT2D eigenvalue weighted by atomic mass is 35.5. The topological polar surface area (TPSA) is 47.6 Å². The molecule has 1 aliphatic heterocycles. The summed E-state index contributed by atoms with van der Waals surface area (Å²) in [7, 11) is 1.37. The van der Waals surface area contributed by atoms with Crippen LogP contribution in [0.25, 0.3) is 0 Å². The molecule has 23 heavy (non-hydrogen) atoms. The maximum absolute atomic E-state index is 11.7. The van der Waals surface area contributed by atoms with E-state index in [0.717, 1.165) is 22.8 Å². The minimum atomic E-state index is -0.357. The molecule has 0 saturated heterocycles. The second kappa shape index (κ2) is 6.38. The summed E-state index contributed by atoms with van der Waals surface area (Å²) < 4.78 is 10.7. The quantitative estimate of drug-likeness (QED) is 0.843. The number of allylic oxidation sites excluding steroid dienone is 3. The molecule has 1 aliphatic carbocycles. The van der Waals surface area contributed by atoms with Crippen LogP contribution in [0, 0.1) is 5.41 Å². The Morgan fingerprint density at radius 2 is 2.30 bits per heavy atom. The number of hydrogen-bond donors (Lipinski definition) is 1. The van der Waals surface area contributed by atoms with E-state index in [9.17, 15) is 4.79 Å². The van der Waals surface area contributed by atoms with Gasteiger partial charge in [0.15, 0.2) is 0 Å². The van der Waals surface area contributed by atoms with Crippen LogP contribution in [-0.2, 0) is 11.3 Å². The summed E-state index contributed by atoms with van der Waals surface area (Å²) in [4.78, 5) is 11.7. The first kappa shape index (κ1) is 16.1. The number of ether oxygens (including phenoxy) is 2. The Labute approximate surface area is 141 Å². The molecule has 1 aromatic carbocycles.